The van der Waals surface area contributed by atoms with Crippen molar-refractivity contribution in [3.63, 3.8) is 0 Å². The lowest BCUT2D eigenvalue weighted by molar-refractivity contribution is -0.167. The predicted molar refractivity (Wildman–Crippen MR) is 59.9 cm³/mol. The van der Waals surface area contributed by atoms with Crippen molar-refractivity contribution in [1.29, 1.82) is 0 Å². The van der Waals surface area contributed by atoms with Gasteiger partial charge in [-0.05, 0) is 17.7 Å². The Kier molecular flexibility index (Phi) is 4.39. The Morgan fingerprint density at radius 2 is 2.13 bits per heavy atom. The maximum atomic E-state index is 11.5. The van der Waals surface area contributed by atoms with Gasteiger partial charge in [0.25, 0.3) is 0 Å². The van der Waals surface area contributed by atoms with Gasteiger partial charge in [0.2, 0.25) is 5.91 Å². The van der Waals surface area contributed by atoms with E-state index in [0.29, 0.717) is 10.0 Å². The molecule has 0 radical (unpaired) electrons. The van der Waals surface area contributed by atoms with E-state index in [1.807, 2.05) is 0 Å². The van der Waals surface area contributed by atoms with Gasteiger partial charge in [0.05, 0.1) is 13.5 Å². The lowest BCUT2D eigenvalue weighted by Gasteiger charge is -2.13. The molecule has 0 bridgehead atoms. The molecular weight excluding hydrogens is 237 g/mol. The van der Waals surface area contributed by atoms with Crippen LogP contribution < -0.4 is 0 Å². The molecule has 0 atom stereocenters. The summed E-state index contributed by atoms with van der Waals surface area (Å²) in [6.45, 7) is 0. The molecule has 5 heteroatoms. The van der Waals surface area contributed by atoms with Crippen LogP contribution in [0.15, 0.2) is 18.2 Å². The average Bonchev–Trinajstić information content (AvgIpc) is 2.20. The first kappa shape index (κ1) is 12.3. The number of carbonyl (C=O) groups excluding carboxylic acids is 1. The van der Waals surface area contributed by atoms with E-state index in [-0.39, 0.29) is 12.3 Å². The summed E-state index contributed by atoms with van der Waals surface area (Å²) in [5.41, 5.74) is 0.731. The fraction of sp³-hybridized carbons (Fsp3) is 0.300. The SMILES string of the molecule is CON(C)C(=O)Cc1ccc(Cl)cc1Cl. The highest BCUT2D eigenvalue weighted by atomic mass is 35.5. The molecule has 0 aliphatic rings. The van der Waals surface area contributed by atoms with E-state index >= 15 is 0 Å². The normalized spacial score (nSPS) is 10.1. The molecule has 0 saturated carbocycles. The predicted octanol–water partition coefficient (Wildman–Crippen LogP) is 2.56. The van der Waals surface area contributed by atoms with Gasteiger partial charge in [-0.1, -0.05) is 29.3 Å². The Morgan fingerprint density at radius 3 is 2.67 bits per heavy atom. The summed E-state index contributed by atoms with van der Waals surface area (Å²) in [5, 5.41) is 2.20. The van der Waals surface area contributed by atoms with Crippen LogP contribution in [-0.2, 0) is 16.1 Å². The van der Waals surface area contributed by atoms with E-state index < -0.39 is 0 Å². The third-order valence-electron chi connectivity index (χ3n) is 1.98. The quantitative estimate of drug-likeness (QED) is 0.769. The van der Waals surface area contributed by atoms with Crippen molar-refractivity contribution in [2.45, 2.75) is 6.42 Å². The first-order chi connectivity index (χ1) is 7.04. The molecule has 0 aliphatic carbocycles. The first-order valence-corrected chi connectivity index (χ1v) is 5.04. The first-order valence-electron chi connectivity index (χ1n) is 4.29. The van der Waals surface area contributed by atoms with Crippen LogP contribution in [0.25, 0.3) is 0 Å². The van der Waals surface area contributed by atoms with Crippen LogP contribution >= 0.6 is 23.2 Å². The largest absolute Gasteiger partial charge is 0.275 e. The van der Waals surface area contributed by atoms with E-state index in [2.05, 4.69) is 0 Å². The highest BCUT2D eigenvalue weighted by molar-refractivity contribution is 6.35. The smallest absolute Gasteiger partial charge is 0.250 e. The van der Waals surface area contributed by atoms with Gasteiger partial charge in [-0.3, -0.25) is 9.63 Å². The maximum absolute atomic E-state index is 11.5. The van der Waals surface area contributed by atoms with Crippen LogP contribution in [0.1, 0.15) is 5.56 Å². The molecule has 0 saturated heterocycles. The van der Waals surface area contributed by atoms with Gasteiger partial charge in [-0.2, -0.15) is 0 Å². The fourth-order valence-electron chi connectivity index (χ4n) is 1.04. The van der Waals surface area contributed by atoms with Crippen molar-refractivity contribution in [2.75, 3.05) is 14.2 Å². The second kappa shape index (κ2) is 5.35. The molecule has 0 heterocycles. The number of hydrogen-bond acceptors (Lipinski definition) is 2. The van der Waals surface area contributed by atoms with Gasteiger partial charge < -0.3 is 0 Å². The molecular formula is C10H11Cl2NO2. The van der Waals surface area contributed by atoms with E-state index in [1.165, 1.54) is 7.11 Å². The second-order valence-corrected chi connectivity index (χ2v) is 3.83. The molecule has 1 rings (SSSR count). The van der Waals surface area contributed by atoms with Gasteiger partial charge in [-0.15, -0.1) is 0 Å². The number of amides is 1. The number of nitrogens with zero attached hydrogens (tertiary/aromatic N) is 1. The Bertz CT molecular complexity index is 368. The minimum absolute atomic E-state index is 0.165. The van der Waals surface area contributed by atoms with Crippen LogP contribution in [0.4, 0.5) is 0 Å². The molecule has 0 fully saturated rings. The van der Waals surface area contributed by atoms with Crippen LogP contribution in [0, 0.1) is 0 Å². The van der Waals surface area contributed by atoms with Crippen molar-refractivity contribution in [3.8, 4) is 0 Å². The van der Waals surface area contributed by atoms with Gasteiger partial charge >= 0.3 is 0 Å². The maximum Gasteiger partial charge on any atom is 0.250 e. The zero-order valence-electron chi connectivity index (χ0n) is 8.46. The summed E-state index contributed by atoms with van der Waals surface area (Å²) in [7, 11) is 2.98. The molecule has 0 spiro atoms. The standard InChI is InChI=1S/C10H11Cl2NO2/c1-13(15-2)10(14)5-7-3-4-8(11)6-9(7)12/h3-4,6H,5H2,1-2H3. The number of benzene rings is 1. The van der Waals surface area contributed by atoms with Crippen molar-refractivity contribution >= 4 is 29.1 Å². The van der Waals surface area contributed by atoms with E-state index in [4.69, 9.17) is 28.0 Å². The van der Waals surface area contributed by atoms with Gasteiger partial charge in [0.1, 0.15) is 0 Å². The van der Waals surface area contributed by atoms with Gasteiger partial charge in [-0.25, -0.2) is 5.06 Å². The summed E-state index contributed by atoms with van der Waals surface area (Å²) in [5.74, 6) is -0.165. The number of hydroxylamine groups is 2. The van der Waals surface area contributed by atoms with E-state index in [1.54, 1.807) is 25.2 Å². The van der Waals surface area contributed by atoms with Crippen molar-refractivity contribution in [2.24, 2.45) is 0 Å². The lowest BCUT2D eigenvalue weighted by atomic mass is 10.1. The molecule has 82 valence electrons. The van der Waals surface area contributed by atoms with Crippen LogP contribution in [-0.4, -0.2) is 25.1 Å². The molecule has 0 aromatic heterocycles. The van der Waals surface area contributed by atoms with Crippen molar-refractivity contribution in [3.05, 3.63) is 33.8 Å². The molecule has 1 amide bonds. The third-order valence-corrected chi connectivity index (χ3v) is 2.57. The van der Waals surface area contributed by atoms with Crippen LogP contribution in [0.2, 0.25) is 10.0 Å². The molecule has 3 nitrogen and oxygen atoms in total. The summed E-state index contributed by atoms with van der Waals surface area (Å²) in [6.07, 6.45) is 0.195. The fourth-order valence-corrected chi connectivity index (χ4v) is 1.52. The van der Waals surface area contributed by atoms with Crippen molar-refractivity contribution in [1.82, 2.24) is 5.06 Å². The molecule has 1 aromatic rings. The van der Waals surface area contributed by atoms with Crippen LogP contribution in [0.3, 0.4) is 0 Å². The summed E-state index contributed by atoms with van der Waals surface area (Å²) < 4.78 is 0. The third kappa shape index (κ3) is 3.38. The van der Waals surface area contributed by atoms with Gasteiger partial charge in [0, 0.05) is 17.1 Å². The summed E-state index contributed by atoms with van der Waals surface area (Å²) >= 11 is 11.7. The van der Waals surface area contributed by atoms with Crippen molar-refractivity contribution < 1.29 is 9.63 Å². The van der Waals surface area contributed by atoms with E-state index in [9.17, 15) is 4.79 Å². The lowest BCUT2D eigenvalue weighted by Crippen LogP contribution is -2.27. The zero-order valence-corrected chi connectivity index (χ0v) is 9.97. The Morgan fingerprint density at radius 1 is 1.47 bits per heavy atom. The van der Waals surface area contributed by atoms with Gasteiger partial charge in [0.15, 0.2) is 0 Å². The topological polar surface area (TPSA) is 29.5 Å². The number of hydrogen-bond donors (Lipinski definition) is 0. The Balaban J connectivity index is 2.77. The number of rotatable bonds is 3. The highest BCUT2D eigenvalue weighted by Crippen LogP contribution is 2.21. The minimum Gasteiger partial charge on any atom is -0.275 e. The Labute approximate surface area is 98.5 Å². The zero-order chi connectivity index (χ0) is 11.4. The van der Waals surface area contributed by atoms with Crippen LogP contribution in [0.5, 0.6) is 0 Å². The molecule has 0 N–H and O–H groups in total. The molecule has 1 aromatic carbocycles. The molecule has 0 aliphatic heterocycles. The highest BCUT2D eigenvalue weighted by Gasteiger charge is 2.11. The summed E-state index contributed by atoms with van der Waals surface area (Å²) in [6, 6.07) is 5.04. The van der Waals surface area contributed by atoms with E-state index in [0.717, 1.165) is 10.6 Å². The number of likely N-dealkylation sites (N-methyl/N-ethyl adjacent to an activating group) is 1. The minimum atomic E-state index is -0.165. The summed E-state index contributed by atoms with van der Waals surface area (Å²) in [4.78, 5) is 16.3. The number of halogens is 2. The monoisotopic (exact) mass is 247 g/mol. The molecule has 0 unspecified atom stereocenters. The number of carbonyl (C=O) groups is 1. The second-order valence-electron chi connectivity index (χ2n) is 2.99. The molecule has 15 heavy (non-hydrogen) atoms. The average molecular weight is 248 g/mol. The Hall–Kier alpha value is -0.770.